The van der Waals surface area contributed by atoms with Gasteiger partial charge in [0.2, 0.25) is 0 Å². The number of hydrogen-bond acceptors (Lipinski definition) is 5. The summed E-state index contributed by atoms with van der Waals surface area (Å²) >= 11 is 0. The summed E-state index contributed by atoms with van der Waals surface area (Å²) in [5.74, 6) is 1.68. The first-order valence-electron chi connectivity index (χ1n) is 10.3. The maximum atomic E-state index is 5.86. The number of hydrogen-bond donors (Lipinski definition) is 1. The Morgan fingerprint density at radius 3 is 1.55 bits per heavy atom. The second-order valence-corrected chi connectivity index (χ2v) is 7.12. The summed E-state index contributed by atoms with van der Waals surface area (Å²) in [5, 5.41) is 3.48. The third-order valence-electron chi connectivity index (χ3n) is 4.68. The smallest absolute Gasteiger partial charge is 0.130 e. The maximum absolute atomic E-state index is 5.86. The molecule has 2 aromatic carbocycles. The molecular formula is C26H25N3O2. The molecule has 0 aliphatic heterocycles. The van der Waals surface area contributed by atoms with Gasteiger partial charge in [-0.05, 0) is 59.7 Å². The molecule has 4 aromatic rings. The summed E-state index contributed by atoms with van der Waals surface area (Å²) < 4.78 is 11.7. The lowest BCUT2D eigenvalue weighted by molar-refractivity contribution is 0.301. The number of nitrogens with zero attached hydrogens (tertiary/aromatic N) is 2. The molecule has 2 aromatic heterocycles. The van der Waals surface area contributed by atoms with Crippen molar-refractivity contribution in [1.82, 2.24) is 15.3 Å². The molecule has 0 saturated carbocycles. The molecule has 1 N–H and O–H groups in total. The Morgan fingerprint density at radius 2 is 1.10 bits per heavy atom. The molecule has 0 fully saturated rings. The molecule has 0 amide bonds. The molecule has 0 radical (unpaired) electrons. The van der Waals surface area contributed by atoms with Crippen LogP contribution in [0.1, 0.15) is 22.5 Å². The molecule has 31 heavy (non-hydrogen) atoms. The first-order chi connectivity index (χ1) is 15.3. The van der Waals surface area contributed by atoms with Crippen LogP contribution < -0.4 is 14.8 Å². The zero-order chi connectivity index (χ0) is 21.1. The second-order valence-electron chi connectivity index (χ2n) is 7.12. The van der Waals surface area contributed by atoms with Gasteiger partial charge >= 0.3 is 0 Å². The second kappa shape index (κ2) is 10.9. The Balaban J connectivity index is 1.25. The van der Waals surface area contributed by atoms with Crippen molar-refractivity contribution < 1.29 is 9.47 Å². The molecule has 0 bridgehead atoms. The average Bonchev–Trinajstić information content (AvgIpc) is 2.83. The summed E-state index contributed by atoms with van der Waals surface area (Å²) in [6.45, 7) is 2.42. The standard InChI is InChI=1S/C26H25N3O2/c1-3-13-28-23(9-1)19-30-25-11-5-7-21(15-25)17-27-18-22-8-6-12-26(16-22)31-20-24-10-2-4-14-29-24/h1-16,27H,17-20H2. The highest BCUT2D eigenvalue weighted by atomic mass is 16.5. The van der Waals surface area contributed by atoms with Crippen molar-refractivity contribution in [2.24, 2.45) is 0 Å². The highest BCUT2D eigenvalue weighted by molar-refractivity contribution is 5.30. The van der Waals surface area contributed by atoms with Crippen molar-refractivity contribution in [3.05, 3.63) is 120 Å². The van der Waals surface area contributed by atoms with Crippen LogP contribution in [0.4, 0.5) is 0 Å². The third kappa shape index (κ3) is 6.66. The zero-order valence-electron chi connectivity index (χ0n) is 17.3. The Bertz CT molecular complexity index is 985. The van der Waals surface area contributed by atoms with Gasteiger partial charge in [-0.25, -0.2) is 0 Å². The zero-order valence-corrected chi connectivity index (χ0v) is 17.3. The van der Waals surface area contributed by atoms with Gasteiger partial charge in [0.25, 0.3) is 0 Å². The minimum absolute atomic E-state index is 0.461. The normalized spacial score (nSPS) is 10.6. The van der Waals surface area contributed by atoms with Crippen LogP contribution in [0.3, 0.4) is 0 Å². The molecule has 2 heterocycles. The summed E-state index contributed by atoms with van der Waals surface area (Å²) in [6.07, 6.45) is 3.55. The third-order valence-corrected chi connectivity index (χ3v) is 4.68. The van der Waals surface area contributed by atoms with Gasteiger partial charge in [-0.15, -0.1) is 0 Å². The van der Waals surface area contributed by atoms with Crippen molar-refractivity contribution in [3.63, 3.8) is 0 Å². The number of pyridine rings is 2. The minimum Gasteiger partial charge on any atom is -0.487 e. The molecule has 4 rings (SSSR count). The SMILES string of the molecule is c1ccc(COc2cccc(CNCc3cccc(OCc4ccccn4)c3)c2)nc1. The minimum atomic E-state index is 0.461. The fourth-order valence-corrected chi connectivity index (χ4v) is 3.12. The van der Waals surface area contributed by atoms with E-state index in [-0.39, 0.29) is 0 Å². The van der Waals surface area contributed by atoms with E-state index in [0.717, 1.165) is 36.0 Å². The largest absolute Gasteiger partial charge is 0.487 e. The van der Waals surface area contributed by atoms with Gasteiger partial charge in [0, 0.05) is 25.5 Å². The van der Waals surface area contributed by atoms with E-state index in [4.69, 9.17) is 9.47 Å². The van der Waals surface area contributed by atoms with Gasteiger partial charge in [-0.2, -0.15) is 0 Å². The van der Waals surface area contributed by atoms with Crippen LogP contribution in [0.25, 0.3) is 0 Å². The van der Waals surface area contributed by atoms with Crippen molar-refractivity contribution in [2.75, 3.05) is 0 Å². The van der Waals surface area contributed by atoms with E-state index in [9.17, 15) is 0 Å². The Hall–Kier alpha value is -3.70. The number of nitrogens with one attached hydrogen (secondary N) is 1. The first kappa shape index (κ1) is 20.6. The predicted octanol–water partition coefficient (Wildman–Crippen LogP) is 4.92. The fourth-order valence-electron chi connectivity index (χ4n) is 3.12. The van der Waals surface area contributed by atoms with E-state index in [2.05, 4.69) is 39.6 Å². The molecule has 0 aliphatic carbocycles. The highest BCUT2D eigenvalue weighted by Crippen LogP contribution is 2.17. The molecular weight excluding hydrogens is 386 g/mol. The predicted molar refractivity (Wildman–Crippen MR) is 121 cm³/mol. The van der Waals surface area contributed by atoms with Crippen LogP contribution in [-0.2, 0) is 26.3 Å². The van der Waals surface area contributed by atoms with Gasteiger partial charge in [0.05, 0.1) is 11.4 Å². The molecule has 5 heteroatoms. The van der Waals surface area contributed by atoms with Crippen molar-refractivity contribution in [3.8, 4) is 11.5 Å². The topological polar surface area (TPSA) is 56.3 Å². The van der Waals surface area contributed by atoms with E-state index in [0.29, 0.717) is 13.2 Å². The summed E-state index contributed by atoms with van der Waals surface area (Å²) in [6, 6.07) is 27.9. The van der Waals surface area contributed by atoms with Crippen LogP contribution in [0.2, 0.25) is 0 Å². The Kier molecular flexibility index (Phi) is 7.23. The van der Waals surface area contributed by atoms with E-state index in [1.165, 1.54) is 11.1 Å². The van der Waals surface area contributed by atoms with E-state index in [1.54, 1.807) is 12.4 Å². The molecule has 0 atom stereocenters. The molecule has 0 spiro atoms. The van der Waals surface area contributed by atoms with Crippen molar-refractivity contribution in [2.45, 2.75) is 26.3 Å². The lowest BCUT2D eigenvalue weighted by Gasteiger charge is -2.10. The molecule has 5 nitrogen and oxygen atoms in total. The van der Waals surface area contributed by atoms with Gasteiger partial charge < -0.3 is 14.8 Å². The van der Waals surface area contributed by atoms with Crippen LogP contribution in [0.15, 0.2) is 97.3 Å². The highest BCUT2D eigenvalue weighted by Gasteiger charge is 2.02. The van der Waals surface area contributed by atoms with Crippen LogP contribution in [0.5, 0.6) is 11.5 Å². The molecule has 0 aliphatic rings. The number of ether oxygens (including phenoxy) is 2. The quantitative estimate of drug-likeness (QED) is 0.401. The average molecular weight is 412 g/mol. The van der Waals surface area contributed by atoms with Gasteiger partial charge in [-0.1, -0.05) is 36.4 Å². The summed E-state index contributed by atoms with van der Waals surface area (Å²) in [7, 11) is 0. The number of rotatable bonds is 10. The first-order valence-corrected chi connectivity index (χ1v) is 10.3. The number of benzene rings is 2. The van der Waals surface area contributed by atoms with Gasteiger partial charge in [0.1, 0.15) is 24.7 Å². The molecule has 156 valence electrons. The van der Waals surface area contributed by atoms with Crippen molar-refractivity contribution >= 4 is 0 Å². The molecule has 0 saturated heterocycles. The monoisotopic (exact) mass is 411 g/mol. The van der Waals surface area contributed by atoms with Crippen LogP contribution in [0, 0.1) is 0 Å². The summed E-state index contributed by atoms with van der Waals surface area (Å²) in [5.41, 5.74) is 4.16. The van der Waals surface area contributed by atoms with Crippen molar-refractivity contribution in [1.29, 1.82) is 0 Å². The maximum Gasteiger partial charge on any atom is 0.130 e. The van der Waals surface area contributed by atoms with Gasteiger partial charge in [0.15, 0.2) is 0 Å². The van der Waals surface area contributed by atoms with Gasteiger partial charge in [-0.3, -0.25) is 9.97 Å². The van der Waals surface area contributed by atoms with Crippen LogP contribution in [-0.4, -0.2) is 9.97 Å². The Labute approximate surface area is 182 Å². The van der Waals surface area contributed by atoms with E-state index >= 15 is 0 Å². The Morgan fingerprint density at radius 1 is 0.581 bits per heavy atom. The molecule has 0 unspecified atom stereocenters. The summed E-state index contributed by atoms with van der Waals surface area (Å²) in [4.78, 5) is 8.57. The van der Waals surface area contributed by atoms with E-state index in [1.807, 2.05) is 60.7 Å². The lowest BCUT2D eigenvalue weighted by Crippen LogP contribution is -2.12. The van der Waals surface area contributed by atoms with Crippen LogP contribution >= 0.6 is 0 Å². The number of aromatic nitrogens is 2. The van der Waals surface area contributed by atoms with E-state index < -0.39 is 0 Å². The lowest BCUT2D eigenvalue weighted by atomic mass is 10.2. The fraction of sp³-hybridized carbons (Fsp3) is 0.154.